The third kappa shape index (κ3) is 3.50. The van der Waals surface area contributed by atoms with Crippen molar-refractivity contribution < 1.29 is 4.79 Å². The third-order valence-corrected chi connectivity index (χ3v) is 5.16. The fourth-order valence-corrected chi connectivity index (χ4v) is 3.75. The van der Waals surface area contributed by atoms with Crippen LogP contribution in [0.1, 0.15) is 50.2 Å². The second-order valence-electron chi connectivity index (χ2n) is 6.52. The summed E-state index contributed by atoms with van der Waals surface area (Å²) in [5.74, 6) is 0.123. The molecule has 0 aliphatic heterocycles. The quantitative estimate of drug-likeness (QED) is 0.751. The molecule has 0 radical (unpaired) electrons. The van der Waals surface area contributed by atoms with E-state index >= 15 is 0 Å². The monoisotopic (exact) mass is 330 g/mol. The van der Waals surface area contributed by atoms with E-state index in [0.717, 1.165) is 34.9 Å². The molecule has 0 N–H and O–H groups in total. The first kappa shape index (κ1) is 16.3. The van der Waals surface area contributed by atoms with E-state index in [4.69, 9.17) is 11.6 Å². The highest BCUT2D eigenvalue weighted by Crippen LogP contribution is 2.28. The fraction of sp³-hybridized carbons (Fsp3) is 0.474. The van der Waals surface area contributed by atoms with Gasteiger partial charge in [-0.15, -0.1) is 0 Å². The number of benzene rings is 1. The zero-order valence-corrected chi connectivity index (χ0v) is 14.6. The summed E-state index contributed by atoms with van der Waals surface area (Å²) < 4.78 is 0. The number of para-hydroxylation sites is 1. The predicted molar refractivity (Wildman–Crippen MR) is 94.6 cm³/mol. The number of hydrogen-bond donors (Lipinski definition) is 0. The third-order valence-electron chi connectivity index (χ3n) is 4.83. The predicted octanol–water partition coefficient (Wildman–Crippen LogP) is 4.88. The lowest BCUT2D eigenvalue weighted by Crippen LogP contribution is -2.39. The van der Waals surface area contributed by atoms with Crippen LogP contribution >= 0.6 is 11.6 Å². The smallest absolute Gasteiger partial charge is 0.219 e. The Morgan fingerprint density at radius 1 is 1.30 bits per heavy atom. The molecule has 1 heterocycles. The van der Waals surface area contributed by atoms with Crippen LogP contribution in [-0.2, 0) is 11.3 Å². The minimum Gasteiger partial charge on any atom is -0.336 e. The SMILES string of the molecule is CC(=O)N(Cc1cc2cccc(C)c2nc1Cl)C1CCCCC1. The Kier molecular flexibility index (Phi) is 4.86. The lowest BCUT2D eigenvalue weighted by Gasteiger charge is -2.34. The Morgan fingerprint density at radius 2 is 2.04 bits per heavy atom. The van der Waals surface area contributed by atoms with Crippen molar-refractivity contribution in [3.63, 3.8) is 0 Å². The molecule has 0 unspecified atom stereocenters. The van der Waals surface area contributed by atoms with Gasteiger partial charge in [-0.1, -0.05) is 49.1 Å². The molecule has 1 aromatic heterocycles. The molecule has 4 heteroatoms. The van der Waals surface area contributed by atoms with Gasteiger partial charge in [0.15, 0.2) is 0 Å². The molecule has 1 aromatic carbocycles. The summed E-state index contributed by atoms with van der Waals surface area (Å²) >= 11 is 6.41. The Bertz CT molecular complexity index is 723. The van der Waals surface area contributed by atoms with Crippen molar-refractivity contribution in [2.45, 2.75) is 58.5 Å². The second-order valence-corrected chi connectivity index (χ2v) is 6.88. The number of rotatable bonds is 3. The Balaban J connectivity index is 1.92. The summed E-state index contributed by atoms with van der Waals surface area (Å²) in [6.45, 7) is 4.24. The summed E-state index contributed by atoms with van der Waals surface area (Å²) in [4.78, 5) is 18.7. The highest BCUT2D eigenvalue weighted by Gasteiger charge is 2.24. The summed E-state index contributed by atoms with van der Waals surface area (Å²) in [5, 5.41) is 1.59. The summed E-state index contributed by atoms with van der Waals surface area (Å²) in [7, 11) is 0. The van der Waals surface area contributed by atoms with Crippen LogP contribution in [0.4, 0.5) is 0 Å². The van der Waals surface area contributed by atoms with E-state index in [-0.39, 0.29) is 5.91 Å². The molecule has 3 rings (SSSR count). The first-order chi connectivity index (χ1) is 11.1. The minimum atomic E-state index is 0.123. The number of nitrogens with zero attached hydrogens (tertiary/aromatic N) is 2. The average molecular weight is 331 g/mol. The Labute approximate surface area is 142 Å². The average Bonchev–Trinajstić information content (AvgIpc) is 2.54. The van der Waals surface area contributed by atoms with Crippen LogP contribution in [0.3, 0.4) is 0 Å². The number of fused-ring (bicyclic) bond motifs is 1. The van der Waals surface area contributed by atoms with E-state index in [2.05, 4.69) is 11.1 Å². The highest BCUT2D eigenvalue weighted by atomic mass is 35.5. The van der Waals surface area contributed by atoms with Crippen molar-refractivity contribution in [3.8, 4) is 0 Å². The Morgan fingerprint density at radius 3 is 2.74 bits per heavy atom. The van der Waals surface area contributed by atoms with E-state index in [1.54, 1.807) is 6.92 Å². The molecule has 122 valence electrons. The van der Waals surface area contributed by atoms with Crippen LogP contribution in [0.15, 0.2) is 24.3 Å². The zero-order valence-electron chi connectivity index (χ0n) is 13.8. The van der Waals surface area contributed by atoms with E-state index in [0.29, 0.717) is 17.7 Å². The number of carbonyl (C=O) groups excluding carboxylic acids is 1. The van der Waals surface area contributed by atoms with Crippen molar-refractivity contribution in [3.05, 3.63) is 40.5 Å². The normalized spacial score (nSPS) is 15.8. The van der Waals surface area contributed by atoms with Crippen LogP contribution in [0.5, 0.6) is 0 Å². The van der Waals surface area contributed by atoms with Crippen molar-refractivity contribution in [1.82, 2.24) is 9.88 Å². The summed E-state index contributed by atoms with van der Waals surface area (Å²) in [6.07, 6.45) is 5.88. The number of hydrogen-bond acceptors (Lipinski definition) is 2. The molecule has 3 nitrogen and oxygen atoms in total. The highest BCUT2D eigenvalue weighted by molar-refractivity contribution is 6.30. The fourth-order valence-electron chi connectivity index (χ4n) is 3.55. The molecule has 1 saturated carbocycles. The van der Waals surface area contributed by atoms with Gasteiger partial charge in [0, 0.05) is 30.5 Å². The molecule has 0 atom stereocenters. The van der Waals surface area contributed by atoms with Gasteiger partial charge in [-0.25, -0.2) is 4.98 Å². The molecule has 1 aliphatic carbocycles. The molecular weight excluding hydrogens is 308 g/mol. The second kappa shape index (κ2) is 6.88. The molecule has 1 fully saturated rings. The molecule has 0 spiro atoms. The van der Waals surface area contributed by atoms with Crippen molar-refractivity contribution in [1.29, 1.82) is 0 Å². The van der Waals surface area contributed by atoms with Crippen LogP contribution < -0.4 is 0 Å². The van der Waals surface area contributed by atoms with Crippen molar-refractivity contribution in [2.75, 3.05) is 0 Å². The van der Waals surface area contributed by atoms with Gasteiger partial charge in [0.2, 0.25) is 5.91 Å². The maximum absolute atomic E-state index is 12.1. The first-order valence-electron chi connectivity index (χ1n) is 8.38. The maximum atomic E-state index is 12.1. The number of aromatic nitrogens is 1. The topological polar surface area (TPSA) is 33.2 Å². The molecule has 1 amide bonds. The van der Waals surface area contributed by atoms with Gasteiger partial charge in [-0.05, 0) is 31.4 Å². The Hall–Kier alpha value is -1.61. The van der Waals surface area contributed by atoms with E-state index < -0.39 is 0 Å². The van der Waals surface area contributed by atoms with Crippen LogP contribution in [-0.4, -0.2) is 21.8 Å². The van der Waals surface area contributed by atoms with Gasteiger partial charge in [-0.3, -0.25) is 4.79 Å². The molecule has 0 bridgehead atoms. The number of pyridine rings is 1. The number of aryl methyl sites for hydroxylation is 1. The van der Waals surface area contributed by atoms with E-state index in [9.17, 15) is 4.79 Å². The van der Waals surface area contributed by atoms with Gasteiger partial charge in [0.1, 0.15) is 5.15 Å². The van der Waals surface area contributed by atoms with Gasteiger partial charge < -0.3 is 4.90 Å². The molecular formula is C19H23ClN2O. The van der Waals surface area contributed by atoms with E-state index in [1.165, 1.54) is 19.3 Å². The molecule has 2 aromatic rings. The minimum absolute atomic E-state index is 0.123. The van der Waals surface area contributed by atoms with Crippen LogP contribution in [0.2, 0.25) is 5.15 Å². The molecule has 23 heavy (non-hydrogen) atoms. The zero-order chi connectivity index (χ0) is 16.4. The summed E-state index contributed by atoms with van der Waals surface area (Å²) in [5.41, 5.74) is 2.99. The van der Waals surface area contributed by atoms with Gasteiger partial charge in [0.25, 0.3) is 0 Å². The summed E-state index contributed by atoms with van der Waals surface area (Å²) in [6, 6.07) is 8.53. The van der Waals surface area contributed by atoms with Crippen LogP contribution in [0, 0.1) is 6.92 Å². The standard InChI is InChI=1S/C19H23ClN2O/c1-13-7-6-8-15-11-16(19(20)21-18(13)15)12-22(14(2)23)17-9-4-3-5-10-17/h6-8,11,17H,3-5,9-10,12H2,1-2H3. The molecule has 0 saturated heterocycles. The number of carbonyl (C=O) groups is 1. The largest absolute Gasteiger partial charge is 0.336 e. The number of amides is 1. The van der Waals surface area contributed by atoms with E-state index in [1.807, 2.05) is 30.0 Å². The van der Waals surface area contributed by atoms with Crippen molar-refractivity contribution in [2.24, 2.45) is 0 Å². The first-order valence-corrected chi connectivity index (χ1v) is 8.76. The maximum Gasteiger partial charge on any atom is 0.219 e. The van der Waals surface area contributed by atoms with Crippen molar-refractivity contribution >= 4 is 28.4 Å². The lowest BCUT2D eigenvalue weighted by atomic mass is 9.94. The van der Waals surface area contributed by atoms with Gasteiger partial charge in [-0.2, -0.15) is 0 Å². The van der Waals surface area contributed by atoms with Gasteiger partial charge in [0.05, 0.1) is 5.52 Å². The van der Waals surface area contributed by atoms with Crippen LogP contribution in [0.25, 0.3) is 10.9 Å². The number of halogens is 1. The molecule has 1 aliphatic rings. The lowest BCUT2D eigenvalue weighted by molar-refractivity contribution is -0.132. The van der Waals surface area contributed by atoms with Gasteiger partial charge >= 0.3 is 0 Å².